The minimum atomic E-state index is -0.410. The van der Waals surface area contributed by atoms with Gasteiger partial charge in [-0.2, -0.15) is 0 Å². The summed E-state index contributed by atoms with van der Waals surface area (Å²) in [6.45, 7) is 5.00. The van der Waals surface area contributed by atoms with E-state index in [4.69, 9.17) is 11.6 Å². The van der Waals surface area contributed by atoms with Crippen molar-refractivity contribution in [1.29, 1.82) is 0 Å². The zero-order valence-corrected chi connectivity index (χ0v) is 20.1. The van der Waals surface area contributed by atoms with Crippen molar-refractivity contribution >= 4 is 29.2 Å². The smallest absolute Gasteiger partial charge is 0.320 e. The van der Waals surface area contributed by atoms with Gasteiger partial charge in [0.2, 0.25) is 5.91 Å². The molecule has 3 amide bonds. The molecule has 3 heterocycles. The summed E-state index contributed by atoms with van der Waals surface area (Å²) in [5, 5.41) is 10.6. The van der Waals surface area contributed by atoms with E-state index in [0.29, 0.717) is 19.6 Å². The number of piperidine rings is 1. The largest absolute Gasteiger partial charge is 0.393 e. The van der Waals surface area contributed by atoms with Crippen LogP contribution in [0.15, 0.2) is 24.3 Å². The number of hydrogen-bond donors (Lipinski definition) is 1. The van der Waals surface area contributed by atoms with Crippen LogP contribution in [0.2, 0.25) is 5.02 Å². The number of anilines is 1. The van der Waals surface area contributed by atoms with Crippen LogP contribution < -0.4 is 4.90 Å². The monoisotopic (exact) mass is 474 g/mol. The number of piperazine rings is 1. The molecule has 0 aromatic heterocycles. The van der Waals surface area contributed by atoms with Gasteiger partial charge >= 0.3 is 6.03 Å². The number of halogens is 1. The van der Waals surface area contributed by atoms with Crippen molar-refractivity contribution in [3.05, 3.63) is 29.3 Å². The number of urea groups is 1. The molecular formula is C25H35ClN4O3. The highest BCUT2D eigenvalue weighted by Gasteiger charge is 2.51. The van der Waals surface area contributed by atoms with Crippen LogP contribution in [0.4, 0.5) is 10.5 Å². The number of nitrogens with zero attached hydrogens (tertiary/aromatic N) is 4. The third-order valence-corrected chi connectivity index (χ3v) is 8.46. The molecule has 3 saturated heterocycles. The summed E-state index contributed by atoms with van der Waals surface area (Å²) < 4.78 is 0. The van der Waals surface area contributed by atoms with Crippen LogP contribution in [0.25, 0.3) is 0 Å². The molecule has 7 nitrogen and oxygen atoms in total. The minimum absolute atomic E-state index is 0.0758. The first-order chi connectivity index (χ1) is 15.9. The number of amides is 3. The molecule has 33 heavy (non-hydrogen) atoms. The maximum atomic E-state index is 13.5. The van der Waals surface area contributed by atoms with Crippen LogP contribution in [-0.2, 0) is 4.79 Å². The molecule has 4 fully saturated rings. The minimum Gasteiger partial charge on any atom is -0.393 e. The molecule has 180 valence electrons. The lowest BCUT2D eigenvalue weighted by atomic mass is 9.78. The molecule has 1 atom stereocenters. The molecule has 1 spiro atoms. The normalized spacial score (nSPS) is 30.9. The Morgan fingerprint density at radius 2 is 1.73 bits per heavy atom. The summed E-state index contributed by atoms with van der Waals surface area (Å²) >= 11 is 6.14. The Labute approximate surface area is 201 Å². The highest BCUT2D eigenvalue weighted by atomic mass is 35.5. The summed E-state index contributed by atoms with van der Waals surface area (Å²) in [4.78, 5) is 35.1. The van der Waals surface area contributed by atoms with Crippen molar-refractivity contribution in [2.45, 2.75) is 57.1 Å². The predicted octanol–water partition coefficient (Wildman–Crippen LogP) is 3.20. The Morgan fingerprint density at radius 3 is 2.45 bits per heavy atom. The van der Waals surface area contributed by atoms with E-state index in [1.807, 2.05) is 28.0 Å². The van der Waals surface area contributed by atoms with E-state index in [1.165, 1.54) is 0 Å². The van der Waals surface area contributed by atoms with E-state index in [1.54, 1.807) is 0 Å². The van der Waals surface area contributed by atoms with Gasteiger partial charge < -0.3 is 24.7 Å². The molecule has 1 unspecified atom stereocenters. The second-order valence-corrected chi connectivity index (χ2v) is 10.7. The lowest BCUT2D eigenvalue weighted by molar-refractivity contribution is -0.141. The predicted molar refractivity (Wildman–Crippen MR) is 128 cm³/mol. The fourth-order valence-electron chi connectivity index (χ4n) is 6.27. The molecular weight excluding hydrogens is 440 g/mol. The van der Waals surface area contributed by atoms with E-state index in [0.717, 1.165) is 81.8 Å². The Balaban J connectivity index is 1.19. The number of aliphatic hydroxyl groups is 1. The van der Waals surface area contributed by atoms with Crippen molar-refractivity contribution in [3.8, 4) is 0 Å². The zero-order chi connectivity index (χ0) is 23.0. The second kappa shape index (κ2) is 9.34. The van der Waals surface area contributed by atoms with Crippen LogP contribution in [-0.4, -0.2) is 89.7 Å². The first kappa shape index (κ1) is 22.8. The highest BCUT2D eigenvalue weighted by molar-refractivity contribution is 6.30. The molecule has 3 aliphatic heterocycles. The van der Waals surface area contributed by atoms with Crippen molar-refractivity contribution in [2.24, 2.45) is 5.41 Å². The molecule has 4 aliphatic rings. The Bertz CT molecular complexity index is 882. The fourth-order valence-corrected chi connectivity index (χ4v) is 6.45. The van der Waals surface area contributed by atoms with Gasteiger partial charge in [-0.05, 0) is 63.1 Å². The van der Waals surface area contributed by atoms with Crippen molar-refractivity contribution in [3.63, 3.8) is 0 Å². The SMILES string of the molecule is O=C(N1CCN(c2cccc(Cl)c2)CC1)N1CCCC2(CCN(C3CCC(O)CC3)C2=O)C1. The van der Waals surface area contributed by atoms with Crippen LogP contribution in [0.1, 0.15) is 44.9 Å². The van der Waals surface area contributed by atoms with E-state index >= 15 is 0 Å². The van der Waals surface area contributed by atoms with Crippen LogP contribution in [0.5, 0.6) is 0 Å². The molecule has 5 rings (SSSR count). The number of hydrogen-bond acceptors (Lipinski definition) is 4. The maximum Gasteiger partial charge on any atom is 0.320 e. The number of carbonyl (C=O) groups excluding carboxylic acids is 2. The lowest BCUT2D eigenvalue weighted by Crippen LogP contribution is -2.57. The topological polar surface area (TPSA) is 67.3 Å². The zero-order valence-electron chi connectivity index (χ0n) is 19.3. The number of carbonyl (C=O) groups is 2. The van der Waals surface area contributed by atoms with Crippen LogP contribution in [0, 0.1) is 5.41 Å². The standard InChI is InChI=1S/C25H35ClN4O3/c26-19-3-1-4-21(17-19)27-13-15-28(16-14-27)24(33)29-11-2-9-25(18-29)10-12-30(23(25)32)20-5-7-22(31)8-6-20/h1,3-4,17,20,22,31H,2,5-16,18H2. The molecule has 1 N–H and O–H groups in total. The molecule has 1 aromatic rings. The van der Waals surface area contributed by atoms with Gasteiger partial charge in [0.15, 0.2) is 0 Å². The summed E-state index contributed by atoms with van der Waals surface area (Å²) in [5.41, 5.74) is 0.686. The van der Waals surface area contributed by atoms with Gasteiger partial charge in [0.25, 0.3) is 0 Å². The number of rotatable bonds is 2. The van der Waals surface area contributed by atoms with E-state index in [2.05, 4.69) is 15.9 Å². The number of benzene rings is 1. The number of likely N-dealkylation sites (tertiary alicyclic amines) is 2. The third-order valence-electron chi connectivity index (χ3n) is 8.22. The molecule has 1 aromatic carbocycles. The molecule has 0 bridgehead atoms. The van der Waals surface area contributed by atoms with Gasteiger partial charge in [0.05, 0.1) is 11.5 Å². The van der Waals surface area contributed by atoms with Crippen molar-refractivity contribution in [1.82, 2.24) is 14.7 Å². The first-order valence-electron chi connectivity index (χ1n) is 12.5. The summed E-state index contributed by atoms with van der Waals surface area (Å²) in [6.07, 6.45) is 5.75. The average molecular weight is 475 g/mol. The van der Waals surface area contributed by atoms with E-state index in [-0.39, 0.29) is 24.1 Å². The number of aliphatic hydroxyl groups excluding tert-OH is 1. The fraction of sp³-hybridized carbons (Fsp3) is 0.680. The van der Waals surface area contributed by atoms with Gasteiger partial charge in [-0.25, -0.2) is 4.79 Å². The van der Waals surface area contributed by atoms with Crippen LogP contribution in [0.3, 0.4) is 0 Å². The molecule has 8 heteroatoms. The van der Waals surface area contributed by atoms with Gasteiger partial charge in [-0.3, -0.25) is 4.79 Å². The third kappa shape index (κ3) is 4.54. The first-order valence-corrected chi connectivity index (χ1v) is 12.9. The Hall–Kier alpha value is -1.99. The average Bonchev–Trinajstić information content (AvgIpc) is 3.14. The van der Waals surface area contributed by atoms with Crippen LogP contribution >= 0.6 is 11.6 Å². The van der Waals surface area contributed by atoms with Crippen molar-refractivity contribution in [2.75, 3.05) is 50.7 Å². The Morgan fingerprint density at radius 1 is 0.970 bits per heavy atom. The van der Waals surface area contributed by atoms with Gasteiger partial charge in [-0.1, -0.05) is 17.7 Å². The van der Waals surface area contributed by atoms with Crippen molar-refractivity contribution < 1.29 is 14.7 Å². The van der Waals surface area contributed by atoms with E-state index < -0.39 is 5.41 Å². The summed E-state index contributed by atoms with van der Waals surface area (Å²) in [6, 6.07) is 8.19. The molecule has 1 saturated carbocycles. The summed E-state index contributed by atoms with van der Waals surface area (Å²) in [7, 11) is 0. The van der Waals surface area contributed by atoms with Gasteiger partial charge in [0.1, 0.15) is 0 Å². The van der Waals surface area contributed by atoms with Gasteiger partial charge in [-0.15, -0.1) is 0 Å². The second-order valence-electron chi connectivity index (χ2n) is 10.3. The van der Waals surface area contributed by atoms with E-state index in [9.17, 15) is 14.7 Å². The molecule has 1 aliphatic carbocycles. The lowest BCUT2D eigenvalue weighted by Gasteiger charge is -2.43. The maximum absolute atomic E-state index is 13.5. The van der Waals surface area contributed by atoms with Gasteiger partial charge in [0, 0.05) is 62.6 Å². The quantitative estimate of drug-likeness (QED) is 0.714. The highest BCUT2D eigenvalue weighted by Crippen LogP contribution is 2.42. The summed E-state index contributed by atoms with van der Waals surface area (Å²) in [5.74, 6) is 0.243. The Kier molecular flexibility index (Phi) is 6.45. The molecule has 0 radical (unpaired) electrons.